The number of carboxylic acid groups (broad SMARTS) is 4. The fraction of sp³-hybridized carbons (Fsp3) is 0.882. The molecule has 40 nitrogen and oxygen atoms in total. The minimum atomic E-state index is -2.28. The van der Waals surface area contributed by atoms with Crippen molar-refractivity contribution in [1.29, 1.82) is 0 Å². The first-order valence-electron chi connectivity index (χ1n) is 37.3. The van der Waals surface area contributed by atoms with E-state index in [0.29, 0.717) is 0 Å². The van der Waals surface area contributed by atoms with Crippen LogP contribution in [0.5, 0.6) is 0 Å². The van der Waals surface area contributed by atoms with Crippen molar-refractivity contribution in [2.45, 2.75) is 271 Å². The van der Waals surface area contributed by atoms with E-state index in [9.17, 15) is 121 Å². The Kier molecular flexibility index (Phi) is 67.7. The van der Waals surface area contributed by atoms with Crippen LogP contribution in [0.4, 0.5) is 0 Å². The Hall–Kier alpha value is 7.40. The average Bonchev–Trinajstić information content (AvgIpc) is 0.770. The molecule has 56 heteroatoms. The van der Waals surface area contributed by atoms with Crippen LogP contribution in [-0.4, -0.2) is 443 Å². The Morgan fingerprint density at radius 3 is 0.419 bits per heavy atom. The van der Waals surface area contributed by atoms with Crippen LogP contribution in [-0.2, 0) is 95.0 Å². The van der Waals surface area contributed by atoms with Crippen molar-refractivity contribution in [1.82, 2.24) is 0 Å². The van der Waals surface area contributed by atoms with Gasteiger partial charge in [-0.15, -0.1) is 23.0 Å². The first-order chi connectivity index (χ1) is 55.3. The third-order valence-corrected chi connectivity index (χ3v) is 27.7. The Morgan fingerprint density at radius 2 is 0.315 bits per heavy atom. The van der Waals surface area contributed by atoms with Crippen LogP contribution in [0.25, 0.3) is 0 Å². The number of ether oxygens (including phenoxy) is 16. The normalized spacial score (nSPS) is 41.8. The number of carboxylic acids is 4. The van der Waals surface area contributed by atoms with Crippen LogP contribution in [0.15, 0.2) is 0 Å². The minimum absolute atomic E-state index is 0. The van der Waals surface area contributed by atoms with Crippen molar-refractivity contribution >= 4 is 118 Å². The van der Waals surface area contributed by atoms with Gasteiger partial charge in [0.05, 0.1) is 48.8 Å². The molecule has 0 unspecified atom stereocenters. The van der Waals surface area contributed by atoms with Gasteiger partial charge in [0.1, 0.15) is 146 Å². The maximum Gasteiger partial charge on any atom is 1.00 e. The fourth-order valence-corrected chi connectivity index (χ4v) is 20.6. The number of rotatable bonds is 32. The number of carbonyl (C=O) groups is 4. The number of carbonyl (C=O) groups excluding carboxylic acids is 4. The summed E-state index contributed by atoms with van der Waals surface area (Å²) < 4.78 is 100. The van der Waals surface area contributed by atoms with Gasteiger partial charge in [-0.1, -0.05) is 0 Å². The number of hydrogen-bond acceptors (Lipinski definition) is 48. The van der Waals surface area contributed by atoms with E-state index in [0.717, 1.165) is 94.1 Å². The molecule has 30 saturated heterocycles. The predicted octanol–water partition coefficient (Wildman–Crippen LogP) is -35.6. The van der Waals surface area contributed by atoms with Crippen LogP contribution in [0, 0.1) is 27.7 Å². The number of thioether (sulfide) groups is 8. The van der Waals surface area contributed by atoms with E-state index in [4.69, 9.17) is 75.8 Å². The van der Waals surface area contributed by atoms with E-state index in [1.54, 1.807) is 0 Å². The smallest absolute Gasteiger partial charge is 0.550 e. The van der Waals surface area contributed by atoms with Gasteiger partial charge in [-0.05, 0) is 48.7 Å². The maximum atomic E-state index is 12.2. The third-order valence-electron chi connectivity index (χ3n) is 20.1. The molecule has 0 aromatic heterocycles. The van der Waals surface area contributed by atoms with E-state index in [1.165, 1.54) is 0 Å². The minimum Gasteiger partial charge on any atom is -0.550 e. The molecule has 672 valence electrons. The zero-order chi connectivity index (χ0) is 84.5. The molecular formula is C68H104Na8O40S8. The zero-order valence-corrected chi connectivity index (χ0v) is 92.8. The molecule has 0 spiro atoms. The summed E-state index contributed by atoms with van der Waals surface area (Å²) in [6, 6.07) is 0. The van der Waals surface area contributed by atoms with Gasteiger partial charge < -0.3 is 225 Å². The second-order valence-electron chi connectivity index (χ2n) is 28.1. The van der Waals surface area contributed by atoms with Crippen molar-refractivity contribution in [2.75, 3.05) is 92.0 Å². The molecule has 30 aliphatic heterocycles. The second kappa shape index (κ2) is 64.9. The number of hydrogen-bond donors (Lipinski definition) is 16. The van der Waals surface area contributed by atoms with Gasteiger partial charge in [-0.2, -0.15) is 94.1 Å². The van der Waals surface area contributed by atoms with E-state index in [-0.39, 0.29) is 329 Å². The summed E-state index contributed by atoms with van der Waals surface area (Å²) in [5.41, 5.74) is 0. The van der Waals surface area contributed by atoms with Crippen LogP contribution < -0.4 is 257 Å². The summed E-state index contributed by atoms with van der Waals surface area (Å²) in [6.07, 6.45) is -78.2. The summed E-state index contributed by atoms with van der Waals surface area (Å²) >= 11 is 8.17. The van der Waals surface area contributed by atoms with Gasteiger partial charge in [0.15, 0.2) is 50.3 Å². The first kappa shape index (κ1) is 129. The number of aliphatic hydroxyl groups is 16. The summed E-state index contributed by atoms with van der Waals surface area (Å²) in [4.78, 5) is 46.5. The third kappa shape index (κ3) is 36.0. The second-order valence-corrected chi connectivity index (χ2v) is 37.3. The molecule has 0 saturated carbocycles. The summed E-state index contributed by atoms with van der Waals surface area (Å²) in [7, 11) is 0. The van der Waals surface area contributed by atoms with Crippen LogP contribution in [0.3, 0.4) is 0 Å². The molecule has 124 heavy (non-hydrogen) atoms. The number of aliphatic carboxylic acids is 4. The number of aliphatic hydroxyl groups excluding tert-OH is 16. The van der Waals surface area contributed by atoms with Crippen molar-refractivity contribution in [2.24, 2.45) is 0 Å². The molecule has 0 aliphatic carbocycles. The van der Waals surface area contributed by atoms with Crippen molar-refractivity contribution < 1.29 is 434 Å². The molecule has 30 heterocycles. The average molecular weight is 2000 g/mol. The molecule has 0 amide bonds. The van der Waals surface area contributed by atoms with Gasteiger partial charge >= 0.3 is 236 Å². The van der Waals surface area contributed by atoms with Crippen molar-refractivity contribution in [3.8, 4) is 0 Å². The monoisotopic (exact) mass is 2000 g/mol. The molecule has 30 aliphatic rings. The van der Waals surface area contributed by atoms with Crippen molar-refractivity contribution in [3.05, 3.63) is 27.7 Å². The Labute approximate surface area is 929 Å². The van der Waals surface area contributed by atoms with Crippen LogP contribution >= 0.6 is 94.1 Å². The summed E-state index contributed by atoms with van der Waals surface area (Å²) in [5, 5.41) is 240. The topological polar surface area (TPSA) is 632 Å². The summed E-state index contributed by atoms with van der Waals surface area (Å²) in [6.45, 7) is 15.4. The van der Waals surface area contributed by atoms with E-state index in [2.05, 4.69) is 27.7 Å². The van der Waals surface area contributed by atoms with Gasteiger partial charge in [-0.25, -0.2) is 0 Å². The Morgan fingerprint density at radius 1 is 0.202 bits per heavy atom. The standard InChI is InChI=1S/C68H108O40S8.8Na/c1-5-109-17-25-53-38(78)46(86)62(94-25)103-55-27(19-111-7-3)96-64(48(88)40(55)80)105-57-29(21-113-13-9-33(69)70)98-66(50(90)42(57)82)107-59-31(23-115-15-11-35(73)74)100-68(52(92)44(59)84)108-60-32(24-116-16-12-36(75)76)99-67(51(91)43(60)83)106-58-30(22-114-14-10-34(71)72)97-65(49(89)41(58)81)104-56-28(20-112-8-4)95-63(47(87)39(56)79)102-54-26(18-110-6-2)93-61(101-53)45(85)37(54)77;;;;;;;;/h25-32,37-68,77-92H,1-24H2,(H,69,70)(H,71,72)(H,73,74)(H,75,76);;;;;;;;/q-4;8*+1/p-4/t25-,26-,27-,28-,29-,30-,31-,32-,37-,38-,39-,40-,41-,42-,43-,44-,45-,46-,47-,48-,49-,50-,51-,52-,53-,54-,55-,56-,57-,58-,59-,60-,61-,62-,63-,64-,65-,66-,67-,68-;;;;;;;;/m1......../s1. The molecule has 16 bridgehead atoms. The largest absolute Gasteiger partial charge is 1.00 e. The molecule has 0 radical (unpaired) electrons. The Balaban J connectivity index is 0.00000961. The van der Waals surface area contributed by atoms with E-state index in [1.807, 2.05) is 0 Å². The summed E-state index contributed by atoms with van der Waals surface area (Å²) in [5.74, 6) is -7.50. The SMILES string of the molecule is [CH2-]CSC[C@H]1O[C@@H]2O[C@H]3[C@H](O)[C@@H](O)[C@@H](O[C@H]4[C@H](O)[C@@H](O)[C@@H](O[C@H]5[C@H](O)[C@@H](O)[C@@H](O[C@H]6[C@H](O)[C@@H](O)[C@@H](O[C@H]7[C@H](O)[C@@H](O)[C@@H](O[C@H]8[C@H](O)[C@@H](O)[C@@H](O[C@H]9[C@H](O)[C@@H](O)[C@@H](O[C@H]1[C@H](O)[C@H]2O)O[C@@H]9CSC[CH2-])O[C@@H]8CSC[CH2-])O[C@@H]7CSCCC(=O)[O-])O[C@@H]6CSCCC(=O)[O-])O[C@@H]5CSCCC(=O)[O-])O[C@@H]4CSCCC(=O)[O-])O[C@@H]3CSC[CH2-].[Na+].[Na+].[Na+].[Na+].[Na+].[Na+].[Na+].[Na+]. The van der Waals surface area contributed by atoms with Gasteiger partial charge in [-0.3, -0.25) is 0 Å². The molecule has 40 atom stereocenters. The molecule has 0 aromatic carbocycles. The molecule has 16 N–H and O–H groups in total. The molecule has 30 fully saturated rings. The van der Waals surface area contributed by atoms with Gasteiger partial charge in [0, 0.05) is 69.9 Å². The quantitative estimate of drug-likeness (QED) is 0.0169. The molecule has 0 aromatic rings. The van der Waals surface area contributed by atoms with E-state index < -0.39 is 295 Å². The maximum absolute atomic E-state index is 12.2. The zero-order valence-electron chi connectivity index (χ0n) is 70.3. The first-order valence-corrected chi connectivity index (χ1v) is 46.5. The fourth-order valence-electron chi connectivity index (χ4n) is 14.0. The van der Waals surface area contributed by atoms with Crippen LogP contribution in [0.2, 0.25) is 0 Å². The molecule has 30 rings (SSSR count). The Bertz CT molecular complexity index is 2960. The molecular weight excluding hydrogens is 1900 g/mol. The predicted molar refractivity (Wildman–Crippen MR) is 403 cm³/mol. The van der Waals surface area contributed by atoms with Crippen LogP contribution in [0.1, 0.15) is 25.7 Å². The van der Waals surface area contributed by atoms with Gasteiger partial charge in [0.25, 0.3) is 0 Å². The van der Waals surface area contributed by atoms with Gasteiger partial charge in [0.2, 0.25) is 0 Å². The van der Waals surface area contributed by atoms with Crippen molar-refractivity contribution in [3.63, 3.8) is 0 Å². The van der Waals surface area contributed by atoms with E-state index >= 15 is 0 Å².